The van der Waals surface area contributed by atoms with Gasteiger partial charge in [0.05, 0.1) is 0 Å². The number of hydrazine groups is 1. The van der Waals surface area contributed by atoms with Crippen molar-refractivity contribution in [2.75, 3.05) is 0 Å². The molecule has 0 aromatic heterocycles. The summed E-state index contributed by atoms with van der Waals surface area (Å²) in [5.74, 6) is 4.30. The van der Waals surface area contributed by atoms with E-state index in [1.54, 1.807) is 24.3 Å². The van der Waals surface area contributed by atoms with Crippen molar-refractivity contribution in [1.82, 2.24) is 10.7 Å². The zero-order valence-corrected chi connectivity index (χ0v) is 8.36. The highest BCUT2D eigenvalue weighted by Gasteiger charge is 2.19. The van der Waals surface area contributed by atoms with Crippen molar-refractivity contribution in [3.8, 4) is 0 Å². The Morgan fingerprint density at radius 3 is 2.33 bits per heavy atom. The second-order valence-corrected chi connectivity index (χ2v) is 3.05. The summed E-state index contributed by atoms with van der Waals surface area (Å²) in [6, 6.07) is 8.15. The lowest BCUT2D eigenvalue weighted by atomic mass is 10.1. The van der Waals surface area contributed by atoms with Crippen LogP contribution in [-0.4, -0.2) is 11.8 Å². The quantitative estimate of drug-likeness (QED) is 0.366. The summed E-state index contributed by atoms with van der Waals surface area (Å²) in [6.45, 7) is 1.35. The molecule has 1 aromatic rings. The topological polar surface area (TPSA) is 84.2 Å². The van der Waals surface area contributed by atoms with Gasteiger partial charge in [0.25, 0.3) is 5.91 Å². The number of carbonyl (C=O) groups is 2. The van der Waals surface area contributed by atoms with E-state index >= 15 is 0 Å². The first-order chi connectivity index (χ1) is 7.15. The van der Waals surface area contributed by atoms with E-state index in [0.29, 0.717) is 5.56 Å². The van der Waals surface area contributed by atoms with Crippen molar-refractivity contribution in [1.29, 1.82) is 0 Å². The van der Waals surface area contributed by atoms with E-state index < -0.39 is 11.9 Å². The molecule has 0 saturated heterocycles. The third kappa shape index (κ3) is 3.07. The van der Waals surface area contributed by atoms with Crippen LogP contribution >= 0.6 is 0 Å². The first-order valence-corrected chi connectivity index (χ1v) is 4.47. The lowest BCUT2D eigenvalue weighted by Gasteiger charge is -2.16. The maximum atomic E-state index is 11.4. The number of nitrogens with one attached hydrogen (secondary N) is 2. The Morgan fingerprint density at radius 2 is 1.87 bits per heavy atom. The van der Waals surface area contributed by atoms with Crippen LogP contribution in [0.4, 0.5) is 0 Å². The molecule has 0 aliphatic rings. The molecule has 0 aliphatic carbocycles. The maximum absolute atomic E-state index is 11.4. The molecule has 2 amide bonds. The van der Waals surface area contributed by atoms with Gasteiger partial charge >= 0.3 is 0 Å². The molecule has 15 heavy (non-hydrogen) atoms. The second-order valence-electron chi connectivity index (χ2n) is 3.05. The molecule has 0 spiro atoms. The molecule has 0 saturated carbocycles. The largest absolute Gasteiger partial charge is 0.341 e. The highest BCUT2D eigenvalue weighted by molar-refractivity contribution is 5.87. The molecule has 1 aromatic carbocycles. The van der Waals surface area contributed by atoms with Crippen molar-refractivity contribution < 1.29 is 9.59 Å². The number of hydrogen-bond donors (Lipinski definition) is 3. The van der Waals surface area contributed by atoms with Gasteiger partial charge in [0, 0.05) is 6.92 Å². The zero-order chi connectivity index (χ0) is 11.3. The van der Waals surface area contributed by atoms with Crippen molar-refractivity contribution in [3.63, 3.8) is 0 Å². The van der Waals surface area contributed by atoms with Gasteiger partial charge in [-0.15, -0.1) is 0 Å². The molecule has 0 fully saturated rings. The Labute approximate surface area is 87.6 Å². The molecule has 1 atom stereocenters. The smallest absolute Gasteiger partial charge is 0.261 e. The summed E-state index contributed by atoms with van der Waals surface area (Å²) >= 11 is 0. The average Bonchev–Trinajstić information content (AvgIpc) is 2.26. The lowest BCUT2D eigenvalue weighted by molar-refractivity contribution is -0.128. The number of rotatable bonds is 3. The molecule has 0 unspecified atom stereocenters. The van der Waals surface area contributed by atoms with Crippen LogP contribution in [-0.2, 0) is 9.59 Å². The molecule has 5 heteroatoms. The van der Waals surface area contributed by atoms with Gasteiger partial charge in [-0.2, -0.15) is 0 Å². The van der Waals surface area contributed by atoms with Crippen LogP contribution in [0, 0.1) is 0 Å². The van der Waals surface area contributed by atoms with Gasteiger partial charge < -0.3 is 5.32 Å². The molecule has 0 radical (unpaired) electrons. The number of carbonyl (C=O) groups excluding carboxylic acids is 2. The third-order valence-corrected chi connectivity index (χ3v) is 1.88. The van der Waals surface area contributed by atoms with Crippen LogP contribution in [0.1, 0.15) is 18.5 Å². The van der Waals surface area contributed by atoms with Crippen molar-refractivity contribution in [2.24, 2.45) is 5.84 Å². The Kier molecular flexibility index (Phi) is 3.82. The number of benzene rings is 1. The minimum atomic E-state index is -0.742. The van der Waals surface area contributed by atoms with E-state index in [-0.39, 0.29) is 5.91 Å². The van der Waals surface area contributed by atoms with Gasteiger partial charge in [-0.1, -0.05) is 30.3 Å². The molecule has 80 valence electrons. The summed E-state index contributed by atoms with van der Waals surface area (Å²) in [5, 5.41) is 2.52. The van der Waals surface area contributed by atoms with E-state index in [9.17, 15) is 9.59 Å². The average molecular weight is 207 g/mol. The Hall–Kier alpha value is -1.88. The normalized spacial score (nSPS) is 11.6. The highest BCUT2D eigenvalue weighted by Crippen LogP contribution is 2.11. The van der Waals surface area contributed by atoms with Gasteiger partial charge in [0.1, 0.15) is 6.04 Å². The third-order valence-electron chi connectivity index (χ3n) is 1.88. The molecule has 1 rings (SSSR count). The van der Waals surface area contributed by atoms with Crippen LogP contribution in [0.3, 0.4) is 0 Å². The van der Waals surface area contributed by atoms with Gasteiger partial charge in [-0.25, -0.2) is 5.84 Å². The van der Waals surface area contributed by atoms with Gasteiger partial charge in [-0.3, -0.25) is 15.0 Å². The van der Waals surface area contributed by atoms with E-state index in [1.807, 2.05) is 11.5 Å². The first kappa shape index (κ1) is 11.2. The number of hydrogen-bond acceptors (Lipinski definition) is 3. The van der Waals surface area contributed by atoms with Crippen molar-refractivity contribution in [3.05, 3.63) is 35.9 Å². The second kappa shape index (κ2) is 5.11. The van der Waals surface area contributed by atoms with E-state index in [0.717, 1.165) is 0 Å². The minimum Gasteiger partial charge on any atom is -0.341 e. The monoisotopic (exact) mass is 207 g/mol. The van der Waals surface area contributed by atoms with Crippen LogP contribution in [0.25, 0.3) is 0 Å². The highest BCUT2D eigenvalue weighted by atomic mass is 16.2. The molecule has 0 bridgehead atoms. The van der Waals surface area contributed by atoms with E-state index in [2.05, 4.69) is 5.32 Å². The van der Waals surface area contributed by atoms with Crippen LogP contribution in [0.15, 0.2) is 30.3 Å². The molecule has 4 N–H and O–H groups in total. The van der Waals surface area contributed by atoms with E-state index in [1.165, 1.54) is 6.92 Å². The number of amides is 2. The first-order valence-electron chi connectivity index (χ1n) is 4.47. The van der Waals surface area contributed by atoms with Gasteiger partial charge in [-0.05, 0) is 5.56 Å². The molecule has 5 nitrogen and oxygen atoms in total. The van der Waals surface area contributed by atoms with Crippen LogP contribution in [0.5, 0.6) is 0 Å². The lowest BCUT2D eigenvalue weighted by Crippen LogP contribution is -2.42. The summed E-state index contributed by atoms with van der Waals surface area (Å²) in [4.78, 5) is 22.3. The maximum Gasteiger partial charge on any atom is 0.261 e. The standard InChI is InChI=1S/C10H13N3O2/c1-7(14)12-9(10(15)13-11)8-5-3-2-4-6-8/h2-6,9H,11H2,1H3,(H,12,14)(H,13,15)/t9-/m1/s1. The predicted octanol–water partition coefficient (Wildman–Crippen LogP) is -0.146. The van der Waals surface area contributed by atoms with E-state index in [4.69, 9.17) is 5.84 Å². The fourth-order valence-corrected chi connectivity index (χ4v) is 1.23. The Balaban J connectivity index is 2.91. The molecular weight excluding hydrogens is 194 g/mol. The van der Waals surface area contributed by atoms with Crippen LogP contribution in [0.2, 0.25) is 0 Å². The van der Waals surface area contributed by atoms with Gasteiger partial charge in [0.2, 0.25) is 5.91 Å². The fourth-order valence-electron chi connectivity index (χ4n) is 1.23. The Bertz CT molecular complexity index is 351. The van der Waals surface area contributed by atoms with Crippen molar-refractivity contribution >= 4 is 11.8 Å². The zero-order valence-electron chi connectivity index (χ0n) is 8.36. The predicted molar refractivity (Wildman–Crippen MR) is 55.3 cm³/mol. The summed E-state index contributed by atoms with van der Waals surface area (Å²) < 4.78 is 0. The minimum absolute atomic E-state index is 0.285. The Morgan fingerprint density at radius 1 is 1.27 bits per heavy atom. The molecule has 0 heterocycles. The molecule has 0 aliphatic heterocycles. The number of nitrogens with two attached hydrogens (primary N) is 1. The van der Waals surface area contributed by atoms with Gasteiger partial charge in [0.15, 0.2) is 0 Å². The van der Waals surface area contributed by atoms with Crippen LogP contribution < -0.4 is 16.6 Å². The molecular formula is C10H13N3O2. The SMILES string of the molecule is CC(=O)N[C@@H](C(=O)NN)c1ccccc1. The van der Waals surface area contributed by atoms with Crippen molar-refractivity contribution in [2.45, 2.75) is 13.0 Å². The summed E-state index contributed by atoms with van der Waals surface area (Å²) in [7, 11) is 0. The summed E-state index contributed by atoms with van der Waals surface area (Å²) in [5.41, 5.74) is 2.71. The summed E-state index contributed by atoms with van der Waals surface area (Å²) in [6.07, 6.45) is 0. The fraction of sp³-hybridized carbons (Fsp3) is 0.200.